The van der Waals surface area contributed by atoms with E-state index in [1.54, 1.807) is 0 Å². The van der Waals surface area contributed by atoms with E-state index in [1.165, 1.54) is 65.3 Å². The average molecular weight is 840 g/mol. The lowest BCUT2D eigenvalue weighted by Crippen LogP contribution is -2.10. The van der Waals surface area contributed by atoms with Gasteiger partial charge in [0.1, 0.15) is 11.2 Å². The molecule has 12 aromatic carbocycles. The van der Waals surface area contributed by atoms with Gasteiger partial charge in [-0.2, -0.15) is 0 Å². The second-order valence-electron chi connectivity index (χ2n) is 17.3. The highest BCUT2D eigenvalue weighted by Gasteiger charge is 2.17. The minimum Gasteiger partial charge on any atom is -0.456 e. The van der Waals surface area contributed by atoms with Crippen LogP contribution in [-0.2, 0) is 0 Å². The Morgan fingerprint density at radius 1 is 0.242 bits per heavy atom. The van der Waals surface area contributed by atoms with Gasteiger partial charge >= 0.3 is 0 Å². The second kappa shape index (κ2) is 15.5. The lowest BCUT2D eigenvalue weighted by Gasteiger charge is -2.27. The van der Waals surface area contributed by atoms with Crippen LogP contribution in [0.5, 0.6) is 0 Å². The van der Waals surface area contributed by atoms with Crippen LogP contribution in [0.2, 0.25) is 0 Å². The van der Waals surface area contributed by atoms with Crippen LogP contribution in [0.1, 0.15) is 0 Å². The molecule has 0 radical (unpaired) electrons. The van der Waals surface area contributed by atoms with Gasteiger partial charge in [0.2, 0.25) is 0 Å². The zero-order valence-corrected chi connectivity index (χ0v) is 36.0. The van der Waals surface area contributed by atoms with Crippen molar-refractivity contribution in [2.75, 3.05) is 4.90 Å². The molecule has 0 spiro atoms. The van der Waals surface area contributed by atoms with Crippen molar-refractivity contribution < 1.29 is 4.42 Å². The van der Waals surface area contributed by atoms with E-state index in [9.17, 15) is 0 Å². The summed E-state index contributed by atoms with van der Waals surface area (Å²) in [6.45, 7) is 0. The lowest BCUT2D eigenvalue weighted by molar-refractivity contribution is 0.669. The van der Waals surface area contributed by atoms with Crippen molar-refractivity contribution in [2.45, 2.75) is 0 Å². The molecular weight excluding hydrogens is 799 g/mol. The molecule has 0 bridgehead atoms. The van der Waals surface area contributed by atoms with Crippen LogP contribution in [-0.4, -0.2) is 0 Å². The van der Waals surface area contributed by atoms with Gasteiger partial charge in [-0.15, -0.1) is 0 Å². The molecule has 0 N–H and O–H groups in total. The molecule has 1 aromatic heterocycles. The van der Waals surface area contributed by atoms with Crippen LogP contribution in [0.4, 0.5) is 17.1 Å². The number of rotatable bonds is 7. The molecule has 0 aliphatic heterocycles. The highest BCUT2D eigenvalue weighted by Crippen LogP contribution is 2.42. The first-order valence-corrected chi connectivity index (χ1v) is 22.6. The highest BCUT2D eigenvalue weighted by molar-refractivity contribution is 6.13. The topological polar surface area (TPSA) is 16.4 Å². The first kappa shape index (κ1) is 37.8. The van der Waals surface area contributed by atoms with Crippen molar-refractivity contribution in [2.24, 2.45) is 0 Å². The number of hydrogen-bond donors (Lipinski definition) is 0. The molecule has 0 amide bonds. The summed E-state index contributed by atoms with van der Waals surface area (Å²) in [5, 5.41) is 12.4. The lowest BCUT2D eigenvalue weighted by atomic mass is 9.96. The highest BCUT2D eigenvalue weighted by atomic mass is 16.3. The Kier molecular flexibility index (Phi) is 8.89. The molecule has 13 aromatic rings. The van der Waals surface area contributed by atoms with Gasteiger partial charge in [0.05, 0.1) is 0 Å². The Morgan fingerprint density at radius 2 is 0.712 bits per heavy atom. The third-order valence-corrected chi connectivity index (χ3v) is 13.4. The van der Waals surface area contributed by atoms with E-state index >= 15 is 0 Å². The standard InChI is InChI=1S/C64H41NO/c1-3-16-56-44(10-1)29-31-52-38-50(34-37-58(52)56)43-24-22-42(23-25-43)48-12-7-14-54(39-48)65(53-35-32-46(33-36-53)59-19-9-21-63-64(59)60-18-5-6-20-62(60)66-63)55-15-8-13-49(40-55)51-30-28-47-27-26-45-11-2-4-17-57(45)61(47)41-51/h1-41H. The number of furan rings is 1. The summed E-state index contributed by atoms with van der Waals surface area (Å²) in [7, 11) is 0. The van der Waals surface area contributed by atoms with Crippen LogP contribution in [0.25, 0.3) is 110 Å². The Hall–Kier alpha value is -8.72. The third kappa shape index (κ3) is 6.50. The molecule has 0 fully saturated rings. The smallest absolute Gasteiger partial charge is 0.136 e. The Bertz CT molecular complexity index is 3990. The van der Waals surface area contributed by atoms with Crippen LogP contribution >= 0.6 is 0 Å². The Balaban J connectivity index is 0.896. The SMILES string of the molecule is c1cc(-c2ccc(-c3ccc4c(ccc5ccccc54)c3)cc2)cc(N(c2ccc(-c3cccc4oc5ccccc5c34)cc2)c2cccc(-c3ccc4ccc5ccccc5c4c3)c2)c1. The van der Waals surface area contributed by atoms with Gasteiger partial charge in [0.25, 0.3) is 0 Å². The minimum absolute atomic E-state index is 0.897. The van der Waals surface area contributed by atoms with Crippen molar-refractivity contribution in [1.82, 2.24) is 0 Å². The second-order valence-corrected chi connectivity index (χ2v) is 17.3. The van der Waals surface area contributed by atoms with Crippen molar-refractivity contribution >= 4 is 82.1 Å². The molecule has 13 rings (SSSR count). The molecule has 0 aliphatic carbocycles. The van der Waals surface area contributed by atoms with Gasteiger partial charge in [-0.05, 0) is 148 Å². The normalized spacial score (nSPS) is 11.6. The number of benzene rings is 12. The summed E-state index contributed by atoms with van der Waals surface area (Å²) in [4.78, 5) is 2.38. The largest absolute Gasteiger partial charge is 0.456 e. The third-order valence-electron chi connectivity index (χ3n) is 13.4. The molecule has 0 unspecified atom stereocenters. The van der Waals surface area contributed by atoms with E-state index in [0.717, 1.165) is 61.3 Å². The van der Waals surface area contributed by atoms with E-state index in [2.05, 4.69) is 241 Å². The molecule has 1 heterocycles. The summed E-state index contributed by atoms with van der Waals surface area (Å²) in [6, 6.07) is 90.4. The van der Waals surface area contributed by atoms with Crippen LogP contribution in [0.3, 0.4) is 0 Å². The van der Waals surface area contributed by atoms with Crippen LogP contribution in [0, 0.1) is 0 Å². The van der Waals surface area contributed by atoms with Gasteiger partial charge < -0.3 is 9.32 Å². The molecular formula is C64H41NO. The van der Waals surface area contributed by atoms with Crippen molar-refractivity contribution in [3.05, 3.63) is 249 Å². The first-order chi connectivity index (χ1) is 32.7. The van der Waals surface area contributed by atoms with Crippen molar-refractivity contribution in [3.8, 4) is 44.5 Å². The number of fused-ring (bicyclic) bond motifs is 9. The van der Waals surface area contributed by atoms with Crippen molar-refractivity contribution in [3.63, 3.8) is 0 Å². The number of para-hydroxylation sites is 1. The van der Waals surface area contributed by atoms with Gasteiger partial charge in [0.15, 0.2) is 0 Å². The van der Waals surface area contributed by atoms with Gasteiger partial charge in [0, 0.05) is 27.8 Å². The molecule has 2 nitrogen and oxygen atoms in total. The summed E-state index contributed by atoms with van der Waals surface area (Å²) in [5.41, 5.74) is 14.4. The summed E-state index contributed by atoms with van der Waals surface area (Å²) in [5.74, 6) is 0. The Labute approximate surface area is 382 Å². The predicted molar refractivity (Wildman–Crippen MR) is 280 cm³/mol. The van der Waals surface area contributed by atoms with Crippen LogP contribution < -0.4 is 4.90 Å². The molecule has 308 valence electrons. The fourth-order valence-corrected chi connectivity index (χ4v) is 10.1. The molecule has 0 atom stereocenters. The van der Waals surface area contributed by atoms with Crippen molar-refractivity contribution in [1.29, 1.82) is 0 Å². The maximum absolute atomic E-state index is 6.28. The summed E-state index contributed by atoms with van der Waals surface area (Å²) < 4.78 is 6.28. The van der Waals surface area contributed by atoms with Gasteiger partial charge in [-0.25, -0.2) is 0 Å². The molecule has 0 aliphatic rings. The predicted octanol–water partition coefficient (Wildman–Crippen LogP) is 18.3. The van der Waals surface area contributed by atoms with Gasteiger partial charge in [-0.1, -0.05) is 188 Å². The zero-order valence-electron chi connectivity index (χ0n) is 36.0. The first-order valence-electron chi connectivity index (χ1n) is 22.6. The Morgan fingerprint density at radius 3 is 1.42 bits per heavy atom. The monoisotopic (exact) mass is 839 g/mol. The zero-order chi connectivity index (χ0) is 43.6. The van der Waals surface area contributed by atoms with E-state index in [4.69, 9.17) is 4.42 Å². The quantitative estimate of drug-likeness (QED) is 0.149. The van der Waals surface area contributed by atoms with E-state index in [-0.39, 0.29) is 0 Å². The average Bonchev–Trinajstić information content (AvgIpc) is 3.78. The van der Waals surface area contributed by atoms with E-state index in [0.29, 0.717) is 0 Å². The van der Waals surface area contributed by atoms with E-state index in [1.807, 2.05) is 12.1 Å². The number of hydrogen-bond acceptors (Lipinski definition) is 2. The summed E-state index contributed by atoms with van der Waals surface area (Å²) in [6.07, 6.45) is 0. The molecule has 0 saturated carbocycles. The number of anilines is 3. The van der Waals surface area contributed by atoms with Crippen LogP contribution in [0.15, 0.2) is 253 Å². The maximum atomic E-state index is 6.28. The minimum atomic E-state index is 0.897. The fraction of sp³-hybridized carbons (Fsp3) is 0. The summed E-state index contributed by atoms with van der Waals surface area (Å²) >= 11 is 0. The molecule has 66 heavy (non-hydrogen) atoms. The molecule has 2 heteroatoms. The van der Waals surface area contributed by atoms with Gasteiger partial charge in [-0.3, -0.25) is 0 Å². The fourth-order valence-electron chi connectivity index (χ4n) is 10.1. The molecule has 0 saturated heterocycles. The number of nitrogens with zero attached hydrogens (tertiary/aromatic N) is 1. The van der Waals surface area contributed by atoms with E-state index < -0.39 is 0 Å². The maximum Gasteiger partial charge on any atom is 0.136 e.